The lowest BCUT2D eigenvalue weighted by Gasteiger charge is -2.15. The Morgan fingerprint density at radius 2 is 2.00 bits per heavy atom. The number of carbonyl (C=O) groups excluding carboxylic acids is 1. The molecular formula is C15H24N2O2. The third-order valence-electron chi connectivity index (χ3n) is 2.77. The number of ether oxygens (including phenoxy) is 1. The van der Waals surface area contributed by atoms with Gasteiger partial charge in [-0.1, -0.05) is 26.0 Å². The third kappa shape index (κ3) is 6.25. The van der Waals surface area contributed by atoms with Crippen molar-refractivity contribution in [3.8, 4) is 0 Å². The Balaban J connectivity index is 2.27. The van der Waals surface area contributed by atoms with Crippen LogP contribution in [-0.2, 0) is 9.53 Å². The van der Waals surface area contributed by atoms with E-state index in [2.05, 4.69) is 19.2 Å². The highest BCUT2D eigenvalue weighted by atomic mass is 16.5. The SMILES string of the molecule is CC(C)CC(C)OCCC(=O)Nc1ccccc1N. The molecule has 19 heavy (non-hydrogen) atoms. The van der Waals surface area contributed by atoms with Crippen LogP contribution >= 0.6 is 0 Å². The first-order valence-corrected chi connectivity index (χ1v) is 6.75. The minimum absolute atomic E-state index is 0.0744. The van der Waals surface area contributed by atoms with Crippen LogP contribution in [0.4, 0.5) is 11.4 Å². The van der Waals surface area contributed by atoms with E-state index in [1.165, 1.54) is 0 Å². The summed E-state index contributed by atoms with van der Waals surface area (Å²) in [5.41, 5.74) is 6.98. The number of anilines is 2. The Labute approximate surface area is 115 Å². The summed E-state index contributed by atoms with van der Waals surface area (Å²) in [5, 5.41) is 2.78. The number of amides is 1. The van der Waals surface area contributed by atoms with Crippen molar-refractivity contribution in [3.05, 3.63) is 24.3 Å². The summed E-state index contributed by atoms with van der Waals surface area (Å²) in [6.07, 6.45) is 1.54. The fourth-order valence-corrected chi connectivity index (χ4v) is 1.91. The largest absolute Gasteiger partial charge is 0.397 e. The van der Waals surface area contributed by atoms with E-state index in [9.17, 15) is 4.79 Å². The van der Waals surface area contributed by atoms with Gasteiger partial charge in [0.1, 0.15) is 0 Å². The zero-order chi connectivity index (χ0) is 14.3. The molecule has 3 N–H and O–H groups in total. The number of rotatable bonds is 7. The molecule has 0 saturated carbocycles. The highest BCUT2D eigenvalue weighted by molar-refractivity contribution is 5.93. The molecule has 4 nitrogen and oxygen atoms in total. The van der Waals surface area contributed by atoms with E-state index in [1.54, 1.807) is 12.1 Å². The zero-order valence-electron chi connectivity index (χ0n) is 12.0. The molecule has 1 rings (SSSR count). The van der Waals surface area contributed by atoms with E-state index in [1.807, 2.05) is 19.1 Å². The van der Waals surface area contributed by atoms with Crippen molar-refractivity contribution >= 4 is 17.3 Å². The van der Waals surface area contributed by atoms with Gasteiger partial charge in [0.2, 0.25) is 5.91 Å². The van der Waals surface area contributed by atoms with Crippen LogP contribution in [0.15, 0.2) is 24.3 Å². The van der Waals surface area contributed by atoms with Crippen molar-refractivity contribution < 1.29 is 9.53 Å². The summed E-state index contributed by atoms with van der Waals surface area (Å²) in [7, 11) is 0. The van der Waals surface area contributed by atoms with Crippen molar-refractivity contribution in [2.24, 2.45) is 5.92 Å². The van der Waals surface area contributed by atoms with Crippen molar-refractivity contribution in [1.29, 1.82) is 0 Å². The second-order valence-electron chi connectivity index (χ2n) is 5.20. The number of nitrogen functional groups attached to an aromatic ring is 1. The van der Waals surface area contributed by atoms with Crippen LogP contribution in [0.5, 0.6) is 0 Å². The lowest BCUT2D eigenvalue weighted by molar-refractivity contribution is -0.117. The number of para-hydroxylation sites is 2. The molecule has 1 amide bonds. The first kappa shape index (κ1) is 15.5. The Kier molecular flexibility index (Phi) is 6.36. The van der Waals surface area contributed by atoms with Crippen LogP contribution in [0.25, 0.3) is 0 Å². The van der Waals surface area contributed by atoms with Gasteiger partial charge in [0.05, 0.1) is 30.5 Å². The molecular weight excluding hydrogens is 240 g/mol. The molecule has 0 radical (unpaired) electrons. The summed E-state index contributed by atoms with van der Waals surface area (Å²) in [6.45, 7) is 6.79. The average molecular weight is 264 g/mol. The smallest absolute Gasteiger partial charge is 0.226 e. The monoisotopic (exact) mass is 264 g/mol. The molecule has 106 valence electrons. The number of hydrogen-bond donors (Lipinski definition) is 2. The van der Waals surface area contributed by atoms with Gasteiger partial charge in [-0.05, 0) is 31.4 Å². The fraction of sp³-hybridized carbons (Fsp3) is 0.533. The highest BCUT2D eigenvalue weighted by Crippen LogP contribution is 2.16. The second kappa shape index (κ2) is 7.79. The molecule has 0 fully saturated rings. The number of nitrogens with one attached hydrogen (secondary N) is 1. The molecule has 0 aromatic heterocycles. The molecule has 0 aliphatic carbocycles. The lowest BCUT2D eigenvalue weighted by atomic mass is 10.1. The predicted molar refractivity (Wildman–Crippen MR) is 79.0 cm³/mol. The molecule has 0 heterocycles. The van der Waals surface area contributed by atoms with E-state index in [0.29, 0.717) is 30.3 Å². The van der Waals surface area contributed by atoms with Gasteiger partial charge in [-0.25, -0.2) is 0 Å². The topological polar surface area (TPSA) is 64.3 Å². The molecule has 0 spiro atoms. The van der Waals surface area contributed by atoms with Crippen molar-refractivity contribution in [2.45, 2.75) is 39.7 Å². The standard InChI is InChI=1S/C15H24N2O2/c1-11(2)10-12(3)19-9-8-15(18)17-14-7-5-4-6-13(14)16/h4-7,11-12H,8-10,16H2,1-3H3,(H,17,18). The molecule has 0 aliphatic heterocycles. The molecule has 0 saturated heterocycles. The zero-order valence-corrected chi connectivity index (χ0v) is 12.0. The maximum absolute atomic E-state index is 11.7. The van der Waals surface area contributed by atoms with E-state index >= 15 is 0 Å². The van der Waals surface area contributed by atoms with E-state index < -0.39 is 0 Å². The first-order valence-electron chi connectivity index (χ1n) is 6.75. The van der Waals surface area contributed by atoms with Gasteiger partial charge in [-0.15, -0.1) is 0 Å². The van der Waals surface area contributed by atoms with E-state index in [4.69, 9.17) is 10.5 Å². The summed E-state index contributed by atoms with van der Waals surface area (Å²) in [5.74, 6) is 0.530. The van der Waals surface area contributed by atoms with E-state index in [-0.39, 0.29) is 12.0 Å². The van der Waals surface area contributed by atoms with Gasteiger partial charge in [0.15, 0.2) is 0 Å². The molecule has 0 aliphatic rings. The van der Waals surface area contributed by atoms with Crippen LogP contribution in [0.2, 0.25) is 0 Å². The fourth-order valence-electron chi connectivity index (χ4n) is 1.91. The summed E-state index contributed by atoms with van der Waals surface area (Å²) in [4.78, 5) is 11.7. The minimum atomic E-state index is -0.0744. The minimum Gasteiger partial charge on any atom is -0.397 e. The third-order valence-corrected chi connectivity index (χ3v) is 2.77. The van der Waals surface area contributed by atoms with Crippen LogP contribution in [0.1, 0.15) is 33.6 Å². The van der Waals surface area contributed by atoms with Crippen molar-refractivity contribution in [1.82, 2.24) is 0 Å². The van der Waals surface area contributed by atoms with Crippen molar-refractivity contribution in [2.75, 3.05) is 17.7 Å². The maximum atomic E-state index is 11.7. The van der Waals surface area contributed by atoms with Gasteiger partial charge in [0.25, 0.3) is 0 Å². The molecule has 1 unspecified atom stereocenters. The van der Waals surface area contributed by atoms with Gasteiger partial charge in [-0.3, -0.25) is 4.79 Å². The second-order valence-corrected chi connectivity index (χ2v) is 5.20. The van der Waals surface area contributed by atoms with Crippen LogP contribution in [0, 0.1) is 5.92 Å². The van der Waals surface area contributed by atoms with Crippen LogP contribution in [-0.4, -0.2) is 18.6 Å². The number of hydrogen-bond acceptors (Lipinski definition) is 3. The van der Waals surface area contributed by atoms with Gasteiger partial charge < -0.3 is 15.8 Å². The maximum Gasteiger partial charge on any atom is 0.226 e. The van der Waals surface area contributed by atoms with Gasteiger partial charge in [0, 0.05) is 0 Å². The Hall–Kier alpha value is -1.55. The normalized spacial score (nSPS) is 12.4. The number of carbonyl (C=O) groups is 1. The van der Waals surface area contributed by atoms with E-state index in [0.717, 1.165) is 6.42 Å². The first-order chi connectivity index (χ1) is 8.99. The highest BCUT2D eigenvalue weighted by Gasteiger charge is 2.08. The predicted octanol–water partition coefficient (Wildman–Crippen LogP) is 3.05. The molecule has 0 bridgehead atoms. The van der Waals surface area contributed by atoms with Gasteiger partial charge in [-0.2, -0.15) is 0 Å². The summed E-state index contributed by atoms with van der Waals surface area (Å²) in [6, 6.07) is 7.22. The summed E-state index contributed by atoms with van der Waals surface area (Å²) < 4.78 is 5.60. The molecule has 1 aromatic rings. The van der Waals surface area contributed by atoms with Gasteiger partial charge >= 0.3 is 0 Å². The number of nitrogens with two attached hydrogens (primary N) is 1. The quantitative estimate of drug-likeness (QED) is 0.744. The van der Waals surface area contributed by atoms with Crippen LogP contribution in [0.3, 0.4) is 0 Å². The molecule has 4 heteroatoms. The lowest BCUT2D eigenvalue weighted by Crippen LogP contribution is -2.18. The molecule has 1 atom stereocenters. The Morgan fingerprint density at radius 3 is 2.63 bits per heavy atom. The Morgan fingerprint density at radius 1 is 1.32 bits per heavy atom. The van der Waals surface area contributed by atoms with Crippen LogP contribution < -0.4 is 11.1 Å². The Bertz CT molecular complexity index is 405. The molecule has 1 aromatic carbocycles. The number of benzene rings is 1. The van der Waals surface area contributed by atoms with Crippen molar-refractivity contribution in [3.63, 3.8) is 0 Å². The summed E-state index contributed by atoms with van der Waals surface area (Å²) >= 11 is 0. The average Bonchev–Trinajstić information content (AvgIpc) is 2.31.